The summed E-state index contributed by atoms with van der Waals surface area (Å²) in [6.45, 7) is 13.1. The van der Waals surface area contributed by atoms with Gasteiger partial charge in [0.2, 0.25) is 0 Å². The van der Waals surface area contributed by atoms with E-state index in [1.165, 1.54) is 0 Å². The summed E-state index contributed by atoms with van der Waals surface area (Å²) in [5, 5.41) is 22.4. The van der Waals surface area contributed by atoms with Crippen LogP contribution in [0.3, 0.4) is 0 Å². The molecule has 0 aromatic heterocycles. The number of hydrogen-bond donors (Lipinski definition) is 2. The van der Waals surface area contributed by atoms with Gasteiger partial charge in [0.05, 0.1) is 30.8 Å². The molecule has 12 atom stereocenters. The van der Waals surface area contributed by atoms with E-state index in [4.69, 9.17) is 18.9 Å². The van der Waals surface area contributed by atoms with Crippen LogP contribution in [0.25, 0.3) is 0 Å². The summed E-state index contributed by atoms with van der Waals surface area (Å²) in [6, 6.07) is -0.160. The summed E-state index contributed by atoms with van der Waals surface area (Å²) in [4.78, 5) is 28.3. The van der Waals surface area contributed by atoms with Crippen LogP contribution in [-0.4, -0.2) is 96.0 Å². The summed E-state index contributed by atoms with van der Waals surface area (Å²) >= 11 is 0. The first-order chi connectivity index (χ1) is 17.2. The fourth-order valence-corrected chi connectivity index (χ4v) is 5.80. The summed E-state index contributed by atoms with van der Waals surface area (Å²) in [5.74, 6) is -2.35. The number of likely N-dealkylation sites (N-methyl/N-ethyl adjacent to an activating group) is 1. The molecule has 3 rings (SSSR count). The highest BCUT2D eigenvalue weighted by Crippen LogP contribution is 2.41. The van der Waals surface area contributed by atoms with Crippen molar-refractivity contribution in [2.24, 2.45) is 23.7 Å². The lowest BCUT2D eigenvalue weighted by Gasteiger charge is -2.44. The van der Waals surface area contributed by atoms with Crippen molar-refractivity contribution in [1.29, 1.82) is 0 Å². The summed E-state index contributed by atoms with van der Waals surface area (Å²) < 4.78 is 23.9. The van der Waals surface area contributed by atoms with E-state index in [2.05, 4.69) is 0 Å². The van der Waals surface area contributed by atoms with Gasteiger partial charge in [-0.05, 0) is 66.1 Å². The molecule has 9 heteroatoms. The number of aliphatic hydroxyl groups excluding tert-OH is 2. The minimum absolute atomic E-state index is 0.0858. The number of nitrogens with zero attached hydrogens (tertiary/aromatic N) is 1. The van der Waals surface area contributed by atoms with Gasteiger partial charge in [-0.1, -0.05) is 26.8 Å². The standard InChI is InChI=1S/C28H47NO8/c1-14-10-15(2)25(32)28(13-34-28)12-16(3)24(18(5)22(30)19(6)26(33)36-20(14)7)37-27-23(31)21(29(8)9)11-17(4)35-27/h10,14,16-24,27,30-31H,11-13H2,1-9H3/b15-10+/t14-,16?,17?,18?,19?,20?,21?,22?,23-,24+,27?,28+/m1/s1. The van der Waals surface area contributed by atoms with E-state index >= 15 is 0 Å². The number of epoxide rings is 1. The maximum atomic E-state index is 13.4. The van der Waals surface area contributed by atoms with Crippen LogP contribution in [0.4, 0.5) is 0 Å². The third-order valence-electron chi connectivity index (χ3n) is 8.54. The minimum Gasteiger partial charge on any atom is -0.462 e. The van der Waals surface area contributed by atoms with Gasteiger partial charge in [0, 0.05) is 17.9 Å². The number of ketones is 1. The molecular formula is C28H47NO8. The third-order valence-corrected chi connectivity index (χ3v) is 8.54. The van der Waals surface area contributed by atoms with E-state index in [9.17, 15) is 19.8 Å². The second-order valence-corrected chi connectivity index (χ2v) is 12.0. The zero-order chi connectivity index (χ0) is 27.8. The number of carbonyl (C=O) groups excluding carboxylic acids is 2. The van der Waals surface area contributed by atoms with Crippen molar-refractivity contribution in [3.05, 3.63) is 11.6 Å². The Hall–Kier alpha value is -1.36. The highest BCUT2D eigenvalue weighted by molar-refractivity contribution is 6.03. The highest BCUT2D eigenvalue weighted by Gasteiger charge is 2.54. The molecule has 0 radical (unpaired) electrons. The molecular weight excluding hydrogens is 478 g/mol. The molecule has 0 amide bonds. The number of hydrogen-bond acceptors (Lipinski definition) is 9. The van der Waals surface area contributed by atoms with Crippen molar-refractivity contribution in [3.8, 4) is 0 Å². The average molecular weight is 526 g/mol. The monoisotopic (exact) mass is 525 g/mol. The molecule has 3 aliphatic heterocycles. The van der Waals surface area contributed by atoms with Crippen molar-refractivity contribution in [2.75, 3.05) is 20.7 Å². The molecule has 2 N–H and O–H groups in total. The topological polar surface area (TPSA) is 118 Å². The van der Waals surface area contributed by atoms with E-state index in [0.29, 0.717) is 25.0 Å². The molecule has 0 aliphatic carbocycles. The van der Waals surface area contributed by atoms with Crippen molar-refractivity contribution < 1.29 is 38.7 Å². The quantitative estimate of drug-likeness (QED) is 0.423. The lowest BCUT2D eigenvalue weighted by atomic mass is 9.79. The molecule has 2 fully saturated rings. The third kappa shape index (κ3) is 6.62. The Morgan fingerprint density at radius 1 is 1.05 bits per heavy atom. The van der Waals surface area contributed by atoms with Crippen LogP contribution in [0.2, 0.25) is 0 Å². The van der Waals surface area contributed by atoms with Crippen LogP contribution < -0.4 is 0 Å². The van der Waals surface area contributed by atoms with Gasteiger partial charge in [0.15, 0.2) is 17.7 Å². The molecule has 2 saturated heterocycles. The predicted octanol–water partition coefficient (Wildman–Crippen LogP) is 2.32. The van der Waals surface area contributed by atoms with Gasteiger partial charge >= 0.3 is 5.97 Å². The van der Waals surface area contributed by atoms with Crippen molar-refractivity contribution in [1.82, 2.24) is 4.90 Å². The van der Waals surface area contributed by atoms with Crippen LogP contribution in [0, 0.1) is 23.7 Å². The molecule has 3 aliphatic rings. The average Bonchev–Trinajstić information content (AvgIpc) is 3.61. The molecule has 8 unspecified atom stereocenters. The Kier molecular flexibility index (Phi) is 9.63. The maximum absolute atomic E-state index is 13.4. The number of rotatable bonds is 3. The zero-order valence-electron chi connectivity index (χ0n) is 23.8. The Balaban J connectivity index is 1.95. The van der Waals surface area contributed by atoms with Gasteiger partial charge < -0.3 is 34.1 Å². The highest BCUT2D eigenvalue weighted by atomic mass is 16.7. The van der Waals surface area contributed by atoms with Gasteiger partial charge in [-0.25, -0.2) is 0 Å². The second-order valence-electron chi connectivity index (χ2n) is 12.0. The van der Waals surface area contributed by atoms with Gasteiger partial charge in [-0.2, -0.15) is 0 Å². The lowest BCUT2D eigenvalue weighted by molar-refractivity contribution is -0.283. The number of aliphatic hydroxyl groups is 2. The van der Waals surface area contributed by atoms with Gasteiger partial charge in [0.25, 0.3) is 0 Å². The van der Waals surface area contributed by atoms with Crippen LogP contribution >= 0.6 is 0 Å². The van der Waals surface area contributed by atoms with E-state index in [1.807, 2.05) is 52.8 Å². The largest absolute Gasteiger partial charge is 0.462 e. The number of ether oxygens (including phenoxy) is 4. The van der Waals surface area contributed by atoms with Gasteiger partial charge in [-0.3, -0.25) is 9.59 Å². The summed E-state index contributed by atoms with van der Waals surface area (Å²) in [7, 11) is 3.81. The Labute approximate surface area is 221 Å². The predicted molar refractivity (Wildman–Crippen MR) is 138 cm³/mol. The molecule has 0 bridgehead atoms. The second kappa shape index (κ2) is 11.8. The first kappa shape index (κ1) is 30.2. The Morgan fingerprint density at radius 2 is 1.68 bits per heavy atom. The van der Waals surface area contributed by atoms with Crippen LogP contribution in [0.1, 0.15) is 61.3 Å². The molecule has 9 nitrogen and oxygen atoms in total. The van der Waals surface area contributed by atoms with E-state index in [1.54, 1.807) is 20.8 Å². The van der Waals surface area contributed by atoms with E-state index < -0.39 is 54.1 Å². The van der Waals surface area contributed by atoms with Crippen molar-refractivity contribution >= 4 is 11.8 Å². The SMILES string of the molecule is C/C1=C\[C@@H](C)C(C)OC(=O)C(C)C(O)C(C)[C@@H](OC2OC(C)CC(N(C)C)[C@H]2O)C(C)C[C@]2(CO2)C1=O. The first-order valence-corrected chi connectivity index (χ1v) is 13.6. The zero-order valence-corrected chi connectivity index (χ0v) is 23.8. The number of Topliss-reactive ketones (excluding diaryl/α,β-unsaturated/α-hetero) is 1. The van der Waals surface area contributed by atoms with Gasteiger partial charge in [-0.15, -0.1) is 0 Å². The normalized spacial score (nSPS) is 47.8. The minimum atomic E-state index is -1.07. The molecule has 0 aromatic carbocycles. The van der Waals surface area contributed by atoms with Crippen molar-refractivity contribution in [2.45, 2.75) is 110 Å². The van der Waals surface area contributed by atoms with Gasteiger partial charge in [0.1, 0.15) is 12.2 Å². The fourth-order valence-electron chi connectivity index (χ4n) is 5.80. The smallest absolute Gasteiger partial charge is 0.311 e. The first-order valence-electron chi connectivity index (χ1n) is 13.6. The summed E-state index contributed by atoms with van der Waals surface area (Å²) in [6.07, 6.45) is -1.27. The van der Waals surface area contributed by atoms with E-state index in [0.717, 1.165) is 0 Å². The maximum Gasteiger partial charge on any atom is 0.311 e. The molecule has 3 heterocycles. The van der Waals surface area contributed by atoms with Crippen LogP contribution in [0.15, 0.2) is 11.6 Å². The lowest BCUT2D eigenvalue weighted by Crippen LogP contribution is -2.56. The summed E-state index contributed by atoms with van der Waals surface area (Å²) in [5.41, 5.74) is -0.364. The molecule has 1 spiro atoms. The van der Waals surface area contributed by atoms with E-state index in [-0.39, 0.29) is 29.8 Å². The number of carbonyl (C=O) groups is 2. The Bertz CT molecular complexity index is 855. The number of esters is 1. The molecule has 0 saturated carbocycles. The number of cyclic esters (lactones) is 1. The fraction of sp³-hybridized carbons (Fsp3) is 0.857. The molecule has 212 valence electrons. The van der Waals surface area contributed by atoms with Crippen LogP contribution in [-0.2, 0) is 28.5 Å². The molecule has 37 heavy (non-hydrogen) atoms. The Morgan fingerprint density at radius 3 is 2.24 bits per heavy atom. The molecule has 0 aromatic rings. The van der Waals surface area contributed by atoms with Crippen molar-refractivity contribution in [3.63, 3.8) is 0 Å². The van der Waals surface area contributed by atoms with Crippen LogP contribution in [0.5, 0.6) is 0 Å².